The van der Waals surface area contributed by atoms with Crippen molar-refractivity contribution in [2.24, 2.45) is 0 Å². The second-order valence-corrected chi connectivity index (χ2v) is 2.57. The summed E-state index contributed by atoms with van der Waals surface area (Å²) in [7, 11) is 0. The molecular weight excluding hydrogens is 132 g/mol. The molecule has 0 saturated carbocycles. The van der Waals surface area contributed by atoms with Crippen molar-refractivity contribution < 1.29 is 0 Å². The SMILES string of the molecule is C=CCC=C(CC)CCC=C. The number of hydrogen-bond donors (Lipinski definition) is 0. The van der Waals surface area contributed by atoms with Gasteiger partial charge < -0.3 is 0 Å². The lowest BCUT2D eigenvalue weighted by molar-refractivity contribution is 0.901. The van der Waals surface area contributed by atoms with Gasteiger partial charge in [0, 0.05) is 0 Å². The average molecular weight is 150 g/mol. The maximum atomic E-state index is 3.70. The third kappa shape index (κ3) is 5.65. The molecule has 0 fully saturated rings. The Hall–Kier alpha value is -0.780. The minimum atomic E-state index is 1.00. The largest absolute Gasteiger partial charge is 0.103 e. The van der Waals surface area contributed by atoms with Crippen molar-refractivity contribution in [1.82, 2.24) is 0 Å². The molecular formula is C11H18. The number of rotatable bonds is 6. The van der Waals surface area contributed by atoms with Crippen LogP contribution >= 0.6 is 0 Å². The Morgan fingerprint density at radius 1 is 1.27 bits per heavy atom. The van der Waals surface area contributed by atoms with Gasteiger partial charge in [-0.3, -0.25) is 0 Å². The first-order chi connectivity index (χ1) is 5.35. The quantitative estimate of drug-likeness (QED) is 0.504. The van der Waals surface area contributed by atoms with Gasteiger partial charge in [-0.1, -0.05) is 30.7 Å². The van der Waals surface area contributed by atoms with Crippen LogP contribution in [0.25, 0.3) is 0 Å². The summed E-state index contributed by atoms with van der Waals surface area (Å²) in [6.45, 7) is 9.57. The first-order valence-electron chi connectivity index (χ1n) is 4.24. The smallest absolute Gasteiger partial charge is 0.0169 e. The molecule has 0 heteroatoms. The van der Waals surface area contributed by atoms with Crippen molar-refractivity contribution in [3.05, 3.63) is 37.0 Å². The van der Waals surface area contributed by atoms with Crippen molar-refractivity contribution in [2.75, 3.05) is 0 Å². The van der Waals surface area contributed by atoms with E-state index in [-0.39, 0.29) is 0 Å². The predicted molar refractivity (Wildman–Crippen MR) is 52.6 cm³/mol. The van der Waals surface area contributed by atoms with Crippen LogP contribution in [0, 0.1) is 0 Å². The monoisotopic (exact) mass is 150 g/mol. The van der Waals surface area contributed by atoms with Gasteiger partial charge in [0.2, 0.25) is 0 Å². The molecule has 0 nitrogen and oxygen atoms in total. The lowest BCUT2D eigenvalue weighted by Crippen LogP contribution is -1.79. The highest BCUT2D eigenvalue weighted by Crippen LogP contribution is 2.10. The second-order valence-electron chi connectivity index (χ2n) is 2.57. The fourth-order valence-corrected chi connectivity index (χ4v) is 0.961. The van der Waals surface area contributed by atoms with Gasteiger partial charge in [0.1, 0.15) is 0 Å². The molecule has 0 amide bonds. The van der Waals surface area contributed by atoms with Crippen LogP contribution in [0.3, 0.4) is 0 Å². The molecule has 0 aromatic carbocycles. The Bertz CT molecular complexity index is 140. The van der Waals surface area contributed by atoms with Gasteiger partial charge in [0.15, 0.2) is 0 Å². The van der Waals surface area contributed by atoms with Crippen molar-refractivity contribution in [3.63, 3.8) is 0 Å². The predicted octanol–water partition coefficient (Wildman–Crippen LogP) is 3.87. The first-order valence-corrected chi connectivity index (χ1v) is 4.24. The highest BCUT2D eigenvalue weighted by molar-refractivity contribution is 5.04. The van der Waals surface area contributed by atoms with Crippen LogP contribution in [0.4, 0.5) is 0 Å². The van der Waals surface area contributed by atoms with E-state index in [0.29, 0.717) is 0 Å². The van der Waals surface area contributed by atoms with E-state index >= 15 is 0 Å². The lowest BCUT2D eigenvalue weighted by Gasteiger charge is -2.00. The van der Waals surface area contributed by atoms with Crippen LogP contribution in [0.1, 0.15) is 32.6 Å². The summed E-state index contributed by atoms with van der Waals surface area (Å²) in [6, 6.07) is 0. The van der Waals surface area contributed by atoms with E-state index in [1.54, 1.807) is 0 Å². The fraction of sp³-hybridized carbons (Fsp3) is 0.455. The zero-order valence-corrected chi connectivity index (χ0v) is 7.47. The summed E-state index contributed by atoms with van der Waals surface area (Å²) in [5.41, 5.74) is 1.52. The molecule has 0 rings (SSSR count). The zero-order chi connectivity index (χ0) is 8.53. The van der Waals surface area contributed by atoms with Gasteiger partial charge in [-0.15, -0.1) is 13.2 Å². The molecule has 0 aliphatic carbocycles. The van der Waals surface area contributed by atoms with Crippen LogP contribution in [0.15, 0.2) is 37.0 Å². The Morgan fingerprint density at radius 2 is 2.00 bits per heavy atom. The van der Waals surface area contributed by atoms with Crippen LogP contribution in [0.5, 0.6) is 0 Å². The van der Waals surface area contributed by atoms with E-state index in [1.165, 1.54) is 5.57 Å². The summed E-state index contributed by atoms with van der Waals surface area (Å²) in [5, 5.41) is 0. The topological polar surface area (TPSA) is 0 Å². The Balaban J connectivity index is 3.72. The summed E-state index contributed by atoms with van der Waals surface area (Å²) in [4.78, 5) is 0. The lowest BCUT2D eigenvalue weighted by atomic mass is 10.1. The molecule has 0 spiro atoms. The van der Waals surface area contributed by atoms with E-state index in [1.807, 2.05) is 12.2 Å². The Morgan fingerprint density at radius 3 is 2.45 bits per heavy atom. The van der Waals surface area contributed by atoms with Gasteiger partial charge >= 0.3 is 0 Å². The molecule has 0 atom stereocenters. The van der Waals surface area contributed by atoms with Crippen molar-refractivity contribution in [1.29, 1.82) is 0 Å². The summed E-state index contributed by atoms with van der Waals surface area (Å²) in [5.74, 6) is 0. The maximum Gasteiger partial charge on any atom is -0.0169 e. The summed E-state index contributed by atoms with van der Waals surface area (Å²) < 4.78 is 0. The van der Waals surface area contributed by atoms with E-state index in [9.17, 15) is 0 Å². The molecule has 11 heavy (non-hydrogen) atoms. The highest BCUT2D eigenvalue weighted by Gasteiger charge is 1.90. The maximum absolute atomic E-state index is 3.70. The van der Waals surface area contributed by atoms with Gasteiger partial charge in [0.05, 0.1) is 0 Å². The second kappa shape index (κ2) is 7.33. The van der Waals surface area contributed by atoms with E-state index in [0.717, 1.165) is 25.7 Å². The van der Waals surface area contributed by atoms with Crippen LogP contribution < -0.4 is 0 Å². The third-order valence-electron chi connectivity index (χ3n) is 1.70. The molecule has 0 aliphatic rings. The molecule has 0 saturated heterocycles. The van der Waals surface area contributed by atoms with Crippen LogP contribution in [-0.2, 0) is 0 Å². The molecule has 0 N–H and O–H groups in total. The van der Waals surface area contributed by atoms with E-state index in [4.69, 9.17) is 0 Å². The van der Waals surface area contributed by atoms with Crippen LogP contribution in [0.2, 0.25) is 0 Å². The normalized spacial score (nSPS) is 11.2. The molecule has 0 bridgehead atoms. The van der Waals surface area contributed by atoms with E-state index in [2.05, 4.69) is 26.2 Å². The minimum absolute atomic E-state index is 1.00. The fourth-order valence-electron chi connectivity index (χ4n) is 0.961. The number of allylic oxidation sites excluding steroid dienone is 4. The zero-order valence-electron chi connectivity index (χ0n) is 7.47. The number of hydrogen-bond acceptors (Lipinski definition) is 0. The summed E-state index contributed by atoms with van der Waals surface area (Å²) >= 11 is 0. The van der Waals surface area contributed by atoms with Gasteiger partial charge in [-0.25, -0.2) is 0 Å². The first kappa shape index (κ1) is 10.2. The molecule has 0 heterocycles. The molecule has 0 aromatic heterocycles. The minimum Gasteiger partial charge on any atom is -0.103 e. The molecule has 0 aliphatic heterocycles. The van der Waals surface area contributed by atoms with Crippen molar-refractivity contribution in [2.45, 2.75) is 32.6 Å². The molecule has 62 valence electrons. The van der Waals surface area contributed by atoms with E-state index < -0.39 is 0 Å². The molecule has 0 unspecified atom stereocenters. The van der Waals surface area contributed by atoms with Crippen molar-refractivity contribution >= 4 is 0 Å². The van der Waals surface area contributed by atoms with Gasteiger partial charge in [-0.05, 0) is 25.7 Å². The van der Waals surface area contributed by atoms with Gasteiger partial charge in [-0.2, -0.15) is 0 Å². The van der Waals surface area contributed by atoms with Gasteiger partial charge in [0.25, 0.3) is 0 Å². The third-order valence-corrected chi connectivity index (χ3v) is 1.70. The standard InChI is InChI=1S/C11H18/c1-4-7-9-11(6-3)10-8-5-2/h4-5,9H,1-2,6-8,10H2,3H3. The molecule has 0 radical (unpaired) electrons. The highest BCUT2D eigenvalue weighted by atomic mass is 14.0. The summed E-state index contributed by atoms with van der Waals surface area (Å²) in [6.07, 6.45) is 10.6. The Labute approximate surface area is 70.3 Å². The average Bonchev–Trinajstić information content (AvgIpc) is 2.05. The Kier molecular flexibility index (Phi) is 6.81. The van der Waals surface area contributed by atoms with Crippen LogP contribution in [-0.4, -0.2) is 0 Å². The molecule has 0 aromatic rings. The van der Waals surface area contributed by atoms with Crippen molar-refractivity contribution in [3.8, 4) is 0 Å².